The van der Waals surface area contributed by atoms with Crippen LogP contribution in [0.3, 0.4) is 0 Å². The summed E-state index contributed by atoms with van der Waals surface area (Å²) in [5.41, 5.74) is 1.90. The molecule has 0 spiro atoms. The first kappa shape index (κ1) is 12.8. The molecule has 0 radical (unpaired) electrons. The molecule has 1 atom stereocenters. The third-order valence-electron chi connectivity index (χ3n) is 3.37. The summed E-state index contributed by atoms with van der Waals surface area (Å²) in [6, 6.07) is 8.29. The molecule has 2 heteroatoms. The zero-order valence-corrected chi connectivity index (χ0v) is 10.7. The number of ether oxygens (including phenoxy) is 1. The van der Waals surface area contributed by atoms with Gasteiger partial charge in [-0.05, 0) is 32.3 Å². The van der Waals surface area contributed by atoms with Crippen molar-refractivity contribution in [2.24, 2.45) is 5.41 Å². The van der Waals surface area contributed by atoms with Crippen LogP contribution >= 0.6 is 0 Å². The minimum absolute atomic E-state index is 0.139. The van der Waals surface area contributed by atoms with Gasteiger partial charge in [-0.3, -0.25) is 4.79 Å². The molecule has 0 aliphatic rings. The summed E-state index contributed by atoms with van der Waals surface area (Å²) < 4.78 is 4.84. The van der Waals surface area contributed by atoms with Crippen molar-refractivity contribution in [3.8, 4) is 0 Å². The smallest absolute Gasteiger partial charge is 0.311 e. The van der Waals surface area contributed by atoms with Crippen molar-refractivity contribution in [1.82, 2.24) is 0 Å². The van der Waals surface area contributed by atoms with E-state index in [4.69, 9.17) is 4.74 Å². The van der Waals surface area contributed by atoms with Crippen LogP contribution in [0.5, 0.6) is 0 Å². The van der Waals surface area contributed by atoms with Gasteiger partial charge >= 0.3 is 5.97 Å². The molecule has 1 aromatic carbocycles. The minimum Gasteiger partial charge on any atom is -0.469 e. The van der Waals surface area contributed by atoms with Crippen molar-refractivity contribution in [2.75, 3.05) is 7.11 Å². The average Bonchev–Trinajstić information content (AvgIpc) is 2.28. The highest BCUT2D eigenvalue weighted by Crippen LogP contribution is 2.36. The van der Waals surface area contributed by atoms with E-state index in [1.54, 1.807) is 0 Å². The van der Waals surface area contributed by atoms with Crippen LogP contribution in [-0.2, 0) is 9.53 Å². The van der Waals surface area contributed by atoms with Crippen LogP contribution in [0.2, 0.25) is 0 Å². The van der Waals surface area contributed by atoms with Crippen LogP contribution < -0.4 is 0 Å². The fourth-order valence-electron chi connectivity index (χ4n) is 1.71. The topological polar surface area (TPSA) is 26.3 Å². The lowest BCUT2D eigenvalue weighted by Gasteiger charge is -2.29. The molecule has 0 N–H and O–H groups in total. The highest BCUT2D eigenvalue weighted by Gasteiger charge is 2.35. The molecule has 1 unspecified atom stereocenters. The molecule has 2 nitrogen and oxygen atoms in total. The van der Waals surface area contributed by atoms with E-state index in [-0.39, 0.29) is 11.9 Å². The largest absolute Gasteiger partial charge is 0.469 e. The molecule has 0 saturated carbocycles. The molecule has 1 aromatic rings. The first-order valence-electron chi connectivity index (χ1n) is 5.54. The Bertz CT molecular complexity index is 363. The Kier molecular flexibility index (Phi) is 3.74. The van der Waals surface area contributed by atoms with Crippen molar-refractivity contribution in [2.45, 2.75) is 33.6 Å². The molecule has 0 aliphatic heterocycles. The van der Waals surface area contributed by atoms with Gasteiger partial charge in [-0.1, -0.05) is 36.8 Å². The Morgan fingerprint density at radius 1 is 1.25 bits per heavy atom. The molecular weight excluding hydrogens is 200 g/mol. The summed E-state index contributed by atoms with van der Waals surface area (Å²) in [5.74, 6) is -0.0267. The van der Waals surface area contributed by atoms with E-state index < -0.39 is 5.41 Å². The quantitative estimate of drug-likeness (QED) is 0.731. The predicted octanol–water partition coefficient (Wildman–Crippen LogP) is 3.30. The SMILES string of the molecule is COC(=O)C(C)(C)C(C)c1ccc(C)cc1. The van der Waals surface area contributed by atoms with Gasteiger partial charge in [0.25, 0.3) is 0 Å². The Balaban J connectivity index is 2.97. The van der Waals surface area contributed by atoms with Gasteiger partial charge in [0, 0.05) is 0 Å². The highest BCUT2D eigenvalue weighted by molar-refractivity contribution is 5.77. The van der Waals surface area contributed by atoms with Crippen LogP contribution in [0.25, 0.3) is 0 Å². The Morgan fingerprint density at radius 2 is 1.75 bits per heavy atom. The molecule has 0 saturated heterocycles. The normalized spacial score (nSPS) is 13.3. The molecule has 0 fully saturated rings. The van der Waals surface area contributed by atoms with E-state index in [0.717, 1.165) is 0 Å². The van der Waals surface area contributed by atoms with Gasteiger partial charge in [-0.25, -0.2) is 0 Å². The molecular formula is C14H20O2. The fourth-order valence-corrected chi connectivity index (χ4v) is 1.71. The molecule has 0 amide bonds. The van der Waals surface area contributed by atoms with E-state index in [0.29, 0.717) is 0 Å². The standard InChI is InChI=1S/C14H20O2/c1-10-6-8-12(9-7-10)11(2)14(3,4)13(15)16-5/h6-9,11H,1-5H3. The van der Waals surface area contributed by atoms with E-state index in [2.05, 4.69) is 38.1 Å². The monoisotopic (exact) mass is 220 g/mol. The second kappa shape index (κ2) is 4.69. The molecule has 88 valence electrons. The van der Waals surface area contributed by atoms with Gasteiger partial charge in [-0.15, -0.1) is 0 Å². The number of aryl methyl sites for hydroxylation is 1. The van der Waals surface area contributed by atoms with E-state index in [1.807, 2.05) is 13.8 Å². The molecule has 0 aliphatic carbocycles. The summed E-state index contributed by atoms with van der Waals surface area (Å²) in [7, 11) is 1.44. The van der Waals surface area contributed by atoms with Crippen molar-refractivity contribution >= 4 is 5.97 Å². The molecule has 0 aromatic heterocycles. The van der Waals surface area contributed by atoms with Gasteiger partial charge in [-0.2, -0.15) is 0 Å². The maximum Gasteiger partial charge on any atom is 0.311 e. The maximum atomic E-state index is 11.7. The fraction of sp³-hybridized carbons (Fsp3) is 0.500. The van der Waals surface area contributed by atoms with Crippen LogP contribution in [0.1, 0.15) is 37.8 Å². The van der Waals surface area contributed by atoms with Crippen LogP contribution in [0, 0.1) is 12.3 Å². The first-order chi connectivity index (χ1) is 7.39. The highest BCUT2D eigenvalue weighted by atomic mass is 16.5. The summed E-state index contributed by atoms with van der Waals surface area (Å²) >= 11 is 0. The molecule has 0 bridgehead atoms. The van der Waals surface area contributed by atoms with Gasteiger partial charge in [0.1, 0.15) is 0 Å². The van der Waals surface area contributed by atoms with Crippen LogP contribution in [0.15, 0.2) is 24.3 Å². The average molecular weight is 220 g/mol. The van der Waals surface area contributed by atoms with E-state index in [9.17, 15) is 4.79 Å². The number of rotatable bonds is 3. The minimum atomic E-state index is -0.496. The van der Waals surface area contributed by atoms with Crippen molar-refractivity contribution in [3.63, 3.8) is 0 Å². The predicted molar refractivity (Wildman–Crippen MR) is 65.4 cm³/mol. The Labute approximate surface area is 97.6 Å². The molecule has 1 rings (SSSR count). The van der Waals surface area contributed by atoms with Crippen LogP contribution in [-0.4, -0.2) is 13.1 Å². The molecule has 0 heterocycles. The number of hydrogen-bond acceptors (Lipinski definition) is 2. The van der Waals surface area contributed by atoms with Gasteiger partial charge in [0.05, 0.1) is 12.5 Å². The third-order valence-corrected chi connectivity index (χ3v) is 3.37. The van der Waals surface area contributed by atoms with Gasteiger partial charge < -0.3 is 4.74 Å². The lowest BCUT2D eigenvalue weighted by Crippen LogP contribution is -2.31. The lowest BCUT2D eigenvalue weighted by molar-refractivity contribution is -0.151. The first-order valence-corrected chi connectivity index (χ1v) is 5.54. The maximum absolute atomic E-state index is 11.7. The van der Waals surface area contributed by atoms with E-state index in [1.165, 1.54) is 18.2 Å². The number of carbonyl (C=O) groups is 1. The van der Waals surface area contributed by atoms with E-state index >= 15 is 0 Å². The number of carbonyl (C=O) groups excluding carboxylic acids is 1. The number of methoxy groups -OCH3 is 1. The second-order valence-corrected chi connectivity index (χ2v) is 4.85. The van der Waals surface area contributed by atoms with Crippen LogP contribution in [0.4, 0.5) is 0 Å². The number of benzene rings is 1. The number of esters is 1. The summed E-state index contributed by atoms with van der Waals surface area (Å²) in [5, 5.41) is 0. The zero-order chi connectivity index (χ0) is 12.3. The molecule has 16 heavy (non-hydrogen) atoms. The zero-order valence-electron chi connectivity index (χ0n) is 10.7. The summed E-state index contributed by atoms with van der Waals surface area (Å²) in [6.07, 6.45) is 0. The summed E-state index contributed by atoms with van der Waals surface area (Å²) in [6.45, 7) is 7.95. The Morgan fingerprint density at radius 3 is 2.19 bits per heavy atom. The number of hydrogen-bond donors (Lipinski definition) is 0. The van der Waals surface area contributed by atoms with Crippen molar-refractivity contribution < 1.29 is 9.53 Å². The van der Waals surface area contributed by atoms with Gasteiger partial charge in [0.2, 0.25) is 0 Å². The summed E-state index contributed by atoms with van der Waals surface area (Å²) in [4.78, 5) is 11.7. The third kappa shape index (κ3) is 2.43. The Hall–Kier alpha value is -1.31. The lowest BCUT2D eigenvalue weighted by atomic mass is 9.76. The van der Waals surface area contributed by atoms with Crippen molar-refractivity contribution in [3.05, 3.63) is 35.4 Å². The van der Waals surface area contributed by atoms with Gasteiger partial charge in [0.15, 0.2) is 0 Å². The van der Waals surface area contributed by atoms with Crippen molar-refractivity contribution in [1.29, 1.82) is 0 Å². The second-order valence-electron chi connectivity index (χ2n) is 4.85.